The molecule has 9 heteroatoms. The van der Waals surface area contributed by atoms with Gasteiger partial charge >= 0.3 is 0 Å². The van der Waals surface area contributed by atoms with E-state index in [1.165, 1.54) is 0 Å². The van der Waals surface area contributed by atoms with E-state index in [-0.39, 0.29) is 6.54 Å². The molecule has 0 bridgehead atoms. The van der Waals surface area contributed by atoms with Crippen molar-refractivity contribution < 1.29 is 5.11 Å². The second-order valence-corrected chi connectivity index (χ2v) is 7.60. The first-order valence-electron chi connectivity index (χ1n) is 10.4. The Labute approximate surface area is 181 Å². The Morgan fingerprint density at radius 2 is 2.03 bits per heavy atom. The van der Waals surface area contributed by atoms with Crippen molar-refractivity contribution in [1.82, 2.24) is 30.4 Å². The summed E-state index contributed by atoms with van der Waals surface area (Å²) in [6.45, 7) is 4.08. The molecule has 31 heavy (non-hydrogen) atoms. The molecule has 1 unspecified atom stereocenters. The number of piperidine rings is 1. The maximum absolute atomic E-state index is 10.1. The fourth-order valence-corrected chi connectivity index (χ4v) is 3.68. The SMILES string of the molecule is Cc1cnc(Nc2cnn(C3CCNCC3)c2)nc1-c1ccc(C(O)NCC#N)cc1. The zero-order chi connectivity index (χ0) is 21.6. The number of aryl methyl sites for hydroxylation is 1. The number of nitrogens with one attached hydrogen (secondary N) is 3. The van der Waals surface area contributed by atoms with Gasteiger partial charge in [0.1, 0.15) is 6.23 Å². The molecule has 1 aliphatic heterocycles. The average molecular weight is 419 g/mol. The zero-order valence-corrected chi connectivity index (χ0v) is 17.4. The lowest BCUT2D eigenvalue weighted by molar-refractivity contribution is 0.144. The van der Waals surface area contributed by atoms with Gasteiger partial charge in [-0.1, -0.05) is 24.3 Å². The summed E-state index contributed by atoms with van der Waals surface area (Å²) in [6.07, 6.45) is 6.86. The van der Waals surface area contributed by atoms with E-state index in [0.29, 0.717) is 17.6 Å². The fourth-order valence-electron chi connectivity index (χ4n) is 3.68. The third kappa shape index (κ3) is 5.06. The van der Waals surface area contributed by atoms with Crippen LogP contribution in [0, 0.1) is 18.3 Å². The predicted molar refractivity (Wildman–Crippen MR) is 117 cm³/mol. The molecule has 9 nitrogen and oxygen atoms in total. The van der Waals surface area contributed by atoms with Crippen LogP contribution in [0.1, 0.15) is 36.2 Å². The minimum Gasteiger partial charge on any atom is -0.374 e. The second kappa shape index (κ2) is 9.66. The largest absolute Gasteiger partial charge is 0.374 e. The van der Waals surface area contributed by atoms with Crippen LogP contribution in [0.25, 0.3) is 11.3 Å². The summed E-state index contributed by atoms with van der Waals surface area (Å²) in [7, 11) is 0. The molecule has 4 rings (SSSR count). The molecular weight excluding hydrogens is 392 g/mol. The van der Waals surface area contributed by atoms with E-state index >= 15 is 0 Å². The molecule has 0 radical (unpaired) electrons. The van der Waals surface area contributed by atoms with Crippen molar-refractivity contribution >= 4 is 11.6 Å². The third-order valence-electron chi connectivity index (χ3n) is 5.39. The fraction of sp³-hybridized carbons (Fsp3) is 0.364. The van der Waals surface area contributed by atoms with E-state index in [0.717, 1.165) is 48.4 Å². The van der Waals surface area contributed by atoms with Crippen molar-refractivity contribution in [3.8, 4) is 17.3 Å². The van der Waals surface area contributed by atoms with Gasteiger partial charge in [-0.05, 0) is 44.0 Å². The lowest BCUT2D eigenvalue weighted by Crippen LogP contribution is -2.29. The van der Waals surface area contributed by atoms with Gasteiger partial charge in [0.2, 0.25) is 5.95 Å². The summed E-state index contributed by atoms with van der Waals surface area (Å²) in [5, 5.41) is 32.5. The zero-order valence-electron chi connectivity index (χ0n) is 17.4. The number of aliphatic hydroxyl groups excluding tert-OH is 1. The van der Waals surface area contributed by atoms with Crippen LogP contribution in [0.2, 0.25) is 0 Å². The lowest BCUT2D eigenvalue weighted by Gasteiger charge is -2.22. The third-order valence-corrected chi connectivity index (χ3v) is 5.39. The number of rotatable bonds is 7. The van der Waals surface area contributed by atoms with Crippen LogP contribution in [-0.2, 0) is 0 Å². The first-order chi connectivity index (χ1) is 15.1. The molecule has 2 aromatic heterocycles. The van der Waals surface area contributed by atoms with Gasteiger partial charge in [-0.15, -0.1) is 0 Å². The molecule has 1 fully saturated rings. The maximum Gasteiger partial charge on any atom is 0.227 e. The Morgan fingerprint density at radius 1 is 1.26 bits per heavy atom. The Kier molecular flexibility index (Phi) is 6.52. The van der Waals surface area contributed by atoms with Crippen LogP contribution in [0.4, 0.5) is 11.6 Å². The van der Waals surface area contributed by atoms with E-state index in [4.69, 9.17) is 10.2 Å². The van der Waals surface area contributed by atoms with Crippen LogP contribution in [0.5, 0.6) is 0 Å². The van der Waals surface area contributed by atoms with E-state index in [9.17, 15) is 5.11 Å². The number of anilines is 2. The summed E-state index contributed by atoms with van der Waals surface area (Å²) < 4.78 is 2.02. The van der Waals surface area contributed by atoms with Crippen LogP contribution in [-0.4, -0.2) is 44.5 Å². The Morgan fingerprint density at radius 3 is 2.77 bits per heavy atom. The minimum absolute atomic E-state index is 0.0805. The minimum atomic E-state index is -0.881. The highest BCUT2D eigenvalue weighted by Crippen LogP contribution is 2.25. The summed E-state index contributed by atoms with van der Waals surface area (Å²) >= 11 is 0. The molecule has 1 aromatic carbocycles. The molecule has 0 amide bonds. The average Bonchev–Trinajstić information content (AvgIpc) is 3.28. The van der Waals surface area contributed by atoms with E-state index in [1.54, 1.807) is 12.4 Å². The van der Waals surface area contributed by atoms with Gasteiger partial charge in [0.15, 0.2) is 0 Å². The Balaban J connectivity index is 1.48. The highest BCUT2D eigenvalue weighted by Gasteiger charge is 2.16. The van der Waals surface area contributed by atoms with Gasteiger partial charge in [0.05, 0.1) is 36.2 Å². The summed E-state index contributed by atoms with van der Waals surface area (Å²) in [5.74, 6) is 0.505. The maximum atomic E-state index is 10.1. The van der Waals surface area contributed by atoms with E-state index in [1.807, 2.05) is 48.1 Å². The number of nitrogens with zero attached hydrogens (tertiary/aromatic N) is 5. The number of hydrogen-bond acceptors (Lipinski definition) is 8. The first kappa shape index (κ1) is 20.9. The molecule has 160 valence electrons. The predicted octanol–water partition coefficient (Wildman–Crippen LogP) is 2.42. The number of benzene rings is 1. The van der Waals surface area contributed by atoms with E-state index in [2.05, 4.69) is 26.0 Å². The molecular formula is C22H26N8O. The van der Waals surface area contributed by atoms with Crippen LogP contribution >= 0.6 is 0 Å². The van der Waals surface area contributed by atoms with Crippen LogP contribution < -0.4 is 16.0 Å². The van der Waals surface area contributed by atoms with Crippen molar-refractivity contribution in [3.05, 3.63) is 54.0 Å². The number of aromatic nitrogens is 4. The van der Waals surface area contributed by atoms with Crippen molar-refractivity contribution in [2.24, 2.45) is 0 Å². The van der Waals surface area contributed by atoms with Gasteiger partial charge in [-0.25, -0.2) is 9.97 Å². The molecule has 3 aromatic rings. The molecule has 0 saturated carbocycles. The number of aliphatic hydroxyl groups is 1. The number of nitriles is 1. The molecule has 1 saturated heterocycles. The van der Waals surface area contributed by atoms with Crippen molar-refractivity contribution in [2.75, 3.05) is 25.0 Å². The topological polar surface area (TPSA) is 124 Å². The van der Waals surface area contributed by atoms with Crippen LogP contribution in [0.3, 0.4) is 0 Å². The number of hydrogen-bond donors (Lipinski definition) is 4. The van der Waals surface area contributed by atoms with Gasteiger partial charge in [0, 0.05) is 18.0 Å². The summed E-state index contributed by atoms with van der Waals surface area (Å²) in [4.78, 5) is 9.10. The van der Waals surface area contributed by atoms with Crippen LogP contribution in [0.15, 0.2) is 42.9 Å². The van der Waals surface area contributed by atoms with Gasteiger partial charge < -0.3 is 15.7 Å². The molecule has 0 aliphatic carbocycles. The normalized spacial score (nSPS) is 15.4. The second-order valence-electron chi connectivity index (χ2n) is 7.60. The van der Waals surface area contributed by atoms with E-state index < -0.39 is 6.23 Å². The molecule has 0 spiro atoms. The standard InChI is InChI=1S/C22H26N8O/c1-15-12-26-22(28-18-13-27-30(14-18)19-6-9-24-10-7-19)29-20(15)16-2-4-17(5-3-16)21(31)25-11-8-23/h2-5,12-14,19,21,24-25,31H,6-7,9-11H2,1H3,(H,26,28,29). The quantitative estimate of drug-likeness (QED) is 0.341. The van der Waals surface area contributed by atoms with Crippen molar-refractivity contribution in [3.63, 3.8) is 0 Å². The van der Waals surface area contributed by atoms with Gasteiger partial charge in [-0.2, -0.15) is 10.4 Å². The first-order valence-corrected chi connectivity index (χ1v) is 10.4. The monoisotopic (exact) mass is 418 g/mol. The smallest absolute Gasteiger partial charge is 0.227 e. The lowest BCUT2D eigenvalue weighted by atomic mass is 10.1. The summed E-state index contributed by atoms with van der Waals surface area (Å²) in [5.41, 5.74) is 4.23. The Bertz CT molecular complexity index is 1050. The molecule has 1 aliphatic rings. The van der Waals surface area contributed by atoms with Gasteiger partial charge in [0.25, 0.3) is 0 Å². The molecule has 4 N–H and O–H groups in total. The highest BCUT2D eigenvalue weighted by atomic mass is 16.3. The molecule has 1 atom stereocenters. The van der Waals surface area contributed by atoms with Crippen molar-refractivity contribution in [2.45, 2.75) is 32.0 Å². The molecule has 3 heterocycles. The Hall–Kier alpha value is -3.32. The highest BCUT2D eigenvalue weighted by molar-refractivity contribution is 5.65. The van der Waals surface area contributed by atoms with Crippen molar-refractivity contribution in [1.29, 1.82) is 5.26 Å². The summed E-state index contributed by atoms with van der Waals surface area (Å²) in [6, 6.07) is 9.83. The van der Waals surface area contributed by atoms with Gasteiger partial charge in [-0.3, -0.25) is 10.00 Å².